The maximum absolute atomic E-state index is 11.4. The third kappa shape index (κ3) is 5.02. The van der Waals surface area contributed by atoms with Gasteiger partial charge in [0, 0.05) is 38.8 Å². The zero-order chi connectivity index (χ0) is 12.8. The van der Waals surface area contributed by atoms with Gasteiger partial charge < -0.3 is 16.0 Å². The molecule has 1 atom stereocenters. The molecular weight excluding hydrogens is 216 g/mol. The van der Waals surface area contributed by atoms with E-state index in [-0.39, 0.29) is 18.0 Å². The summed E-state index contributed by atoms with van der Waals surface area (Å²) in [6.07, 6.45) is 0. The summed E-state index contributed by atoms with van der Waals surface area (Å²) >= 11 is 0. The van der Waals surface area contributed by atoms with Crippen LogP contribution in [-0.4, -0.2) is 67.1 Å². The topological polar surface area (TPSA) is 61.6 Å². The molecule has 3 N–H and O–H groups in total. The van der Waals surface area contributed by atoms with E-state index in [2.05, 4.69) is 22.0 Å². The molecule has 0 spiro atoms. The van der Waals surface area contributed by atoms with Crippen LogP contribution in [0.2, 0.25) is 0 Å². The molecule has 5 heteroatoms. The van der Waals surface area contributed by atoms with Crippen molar-refractivity contribution in [1.82, 2.24) is 15.1 Å². The van der Waals surface area contributed by atoms with E-state index in [4.69, 9.17) is 5.73 Å². The third-order valence-electron chi connectivity index (χ3n) is 3.23. The number of amides is 1. The molecule has 0 aromatic rings. The van der Waals surface area contributed by atoms with Crippen LogP contribution in [0.25, 0.3) is 0 Å². The maximum atomic E-state index is 11.4. The second-order valence-corrected chi connectivity index (χ2v) is 5.01. The molecule has 0 aromatic heterocycles. The van der Waals surface area contributed by atoms with Gasteiger partial charge in [-0.15, -0.1) is 0 Å². The molecule has 5 nitrogen and oxygen atoms in total. The van der Waals surface area contributed by atoms with Gasteiger partial charge in [0.05, 0.1) is 6.04 Å². The monoisotopic (exact) mass is 242 g/mol. The van der Waals surface area contributed by atoms with E-state index in [0.717, 1.165) is 39.3 Å². The van der Waals surface area contributed by atoms with Crippen LogP contribution in [0.5, 0.6) is 0 Å². The van der Waals surface area contributed by atoms with Gasteiger partial charge in [0.1, 0.15) is 0 Å². The van der Waals surface area contributed by atoms with E-state index in [0.29, 0.717) is 0 Å². The van der Waals surface area contributed by atoms with Crippen LogP contribution in [0.3, 0.4) is 0 Å². The molecule has 100 valence electrons. The van der Waals surface area contributed by atoms with Crippen LogP contribution in [0.1, 0.15) is 20.8 Å². The molecule has 1 saturated heterocycles. The van der Waals surface area contributed by atoms with Gasteiger partial charge >= 0.3 is 0 Å². The molecule has 1 amide bonds. The first-order chi connectivity index (χ1) is 8.02. The molecular formula is C12H26N4O. The summed E-state index contributed by atoms with van der Waals surface area (Å²) in [5, 5.41) is 3.22. The summed E-state index contributed by atoms with van der Waals surface area (Å²) in [5.41, 5.74) is 5.42. The number of carbonyl (C=O) groups is 1. The van der Waals surface area contributed by atoms with Crippen molar-refractivity contribution >= 4 is 5.91 Å². The lowest BCUT2D eigenvalue weighted by atomic mass is 10.2. The molecule has 0 aromatic carbocycles. The highest BCUT2D eigenvalue weighted by Gasteiger charge is 2.22. The summed E-state index contributed by atoms with van der Waals surface area (Å²) in [7, 11) is 0. The molecule has 1 rings (SSSR count). The normalized spacial score (nSPS) is 20.7. The van der Waals surface area contributed by atoms with Crippen LogP contribution >= 0.6 is 0 Å². The number of hydrogen-bond donors (Lipinski definition) is 2. The fourth-order valence-electron chi connectivity index (χ4n) is 2.17. The number of likely N-dealkylation sites (N-methyl/N-ethyl adjacent to an activating group) is 1. The summed E-state index contributed by atoms with van der Waals surface area (Å²) in [6, 6.07) is 0.0487. The lowest BCUT2D eigenvalue weighted by molar-refractivity contribution is -0.120. The van der Waals surface area contributed by atoms with Crippen LogP contribution in [-0.2, 0) is 4.79 Å². The Hall–Kier alpha value is -0.650. The summed E-state index contributed by atoms with van der Waals surface area (Å²) < 4.78 is 0. The quantitative estimate of drug-likeness (QED) is 0.658. The van der Waals surface area contributed by atoms with Crippen LogP contribution in [0, 0.1) is 0 Å². The van der Waals surface area contributed by atoms with Gasteiger partial charge in [0.25, 0.3) is 0 Å². The number of piperazine rings is 1. The molecule has 1 heterocycles. The van der Waals surface area contributed by atoms with Gasteiger partial charge in [-0.2, -0.15) is 0 Å². The Morgan fingerprint density at radius 3 is 2.18 bits per heavy atom. The lowest BCUT2D eigenvalue weighted by Crippen LogP contribution is -2.55. The first-order valence-electron chi connectivity index (χ1n) is 6.53. The van der Waals surface area contributed by atoms with Gasteiger partial charge in [0.2, 0.25) is 5.91 Å². The Labute approximate surface area is 104 Å². The predicted molar refractivity (Wildman–Crippen MR) is 69.8 cm³/mol. The molecule has 0 saturated carbocycles. The average molecular weight is 242 g/mol. The second kappa shape index (κ2) is 6.93. The van der Waals surface area contributed by atoms with Gasteiger partial charge in [0.15, 0.2) is 0 Å². The molecule has 1 aliphatic heterocycles. The molecule has 17 heavy (non-hydrogen) atoms. The predicted octanol–water partition coefficient (Wildman–Crippen LogP) is -0.524. The molecule has 1 fully saturated rings. The van der Waals surface area contributed by atoms with Crippen molar-refractivity contribution in [3.63, 3.8) is 0 Å². The smallest absolute Gasteiger partial charge is 0.235 e. The Kier molecular flexibility index (Phi) is 5.88. The number of carbonyl (C=O) groups excluding carboxylic acids is 1. The second-order valence-electron chi connectivity index (χ2n) is 5.01. The van der Waals surface area contributed by atoms with Crippen molar-refractivity contribution < 1.29 is 4.79 Å². The van der Waals surface area contributed by atoms with Gasteiger partial charge in [-0.05, 0) is 6.54 Å². The summed E-state index contributed by atoms with van der Waals surface area (Å²) in [4.78, 5) is 16.1. The van der Waals surface area contributed by atoms with Gasteiger partial charge in [-0.25, -0.2) is 0 Å². The minimum Gasteiger partial charge on any atom is -0.368 e. The molecule has 0 radical (unpaired) electrons. The van der Waals surface area contributed by atoms with Gasteiger partial charge in [-0.1, -0.05) is 20.8 Å². The van der Waals surface area contributed by atoms with Crippen LogP contribution in [0.4, 0.5) is 0 Å². The maximum Gasteiger partial charge on any atom is 0.235 e. The Bertz CT molecular complexity index is 237. The molecule has 1 aliphatic rings. The van der Waals surface area contributed by atoms with E-state index in [9.17, 15) is 4.79 Å². The van der Waals surface area contributed by atoms with Crippen molar-refractivity contribution in [3.05, 3.63) is 0 Å². The van der Waals surface area contributed by atoms with Gasteiger partial charge in [-0.3, -0.25) is 9.69 Å². The Balaban J connectivity index is 2.38. The zero-order valence-electron chi connectivity index (χ0n) is 11.3. The van der Waals surface area contributed by atoms with E-state index in [1.807, 2.05) is 13.8 Å². The number of hydrogen-bond acceptors (Lipinski definition) is 4. The SMILES string of the molecule is CCN1CCN(CC(NC(C)C)C(N)=O)CC1. The highest BCUT2D eigenvalue weighted by molar-refractivity contribution is 5.80. The minimum absolute atomic E-state index is 0.233. The minimum atomic E-state index is -0.253. The number of rotatable bonds is 6. The lowest BCUT2D eigenvalue weighted by Gasteiger charge is -2.35. The Morgan fingerprint density at radius 2 is 1.76 bits per heavy atom. The van der Waals surface area contributed by atoms with Crippen LogP contribution in [0.15, 0.2) is 0 Å². The molecule has 0 bridgehead atoms. The van der Waals surface area contributed by atoms with E-state index >= 15 is 0 Å². The average Bonchev–Trinajstić information content (AvgIpc) is 2.28. The van der Waals surface area contributed by atoms with E-state index in [1.54, 1.807) is 0 Å². The van der Waals surface area contributed by atoms with Crippen LogP contribution < -0.4 is 11.1 Å². The van der Waals surface area contributed by atoms with Crippen molar-refractivity contribution in [2.75, 3.05) is 39.3 Å². The number of primary amides is 1. The van der Waals surface area contributed by atoms with Crippen molar-refractivity contribution in [2.24, 2.45) is 5.73 Å². The highest BCUT2D eigenvalue weighted by atomic mass is 16.1. The fourth-order valence-corrected chi connectivity index (χ4v) is 2.17. The number of nitrogens with one attached hydrogen (secondary N) is 1. The third-order valence-corrected chi connectivity index (χ3v) is 3.23. The standard InChI is InChI=1S/C12H26N4O/c1-4-15-5-7-16(8-6-15)9-11(12(13)17)14-10(2)3/h10-11,14H,4-9H2,1-3H3,(H2,13,17). The highest BCUT2D eigenvalue weighted by Crippen LogP contribution is 2.02. The largest absolute Gasteiger partial charge is 0.368 e. The first kappa shape index (κ1) is 14.4. The number of nitrogens with zero attached hydrogens (tertiary/aromatic N) is 2. The summed E-state index contributed by atoms with van der Waals surface area (Å²) in [6.45, 7) is 12.3. The van der Waals surface area contributed by atoms with Crippen molar-refractivity contribution in [1.29, 1.82) is 0 Å². The Morgan fingerprint density at radius 1 is 1.24 bits per heavy atom. The fraction of sp³-hybridized carbons (Fsp3) is 0.917. The van der Waals surface area contributed by atoms with E-state index < -0.39 is 0 Å². The zero-order valence-corrected chi connectivity index (χ0v) is 11.3. The van der Waals surface area contributed by atoms with Crippen molar-refractivity contribution in [3.8, 4) is 0 Å². The molecule has 1 unspecified atom stereocenters. The molecule has 0 aliphatic carbocycles. The number of nitrogens with two attached hydrogens (primary N) is 1. The van der Waals surface area contributed by atoms with E-state index in [1.165, 1.54) is 0 Å². The first-order valence-corrected chi connectivity index (χ1v) is 6.53. The summed E-state index contributed by atoms with van der Waals surface area (Å²) in [5.74, 6) is -0.253. The van der Waals surface area contributed by atoms with Crippen molar-refractivity contribution in [2.45, 2.75) is 32.9 Å².